The molecule has 3 rings (SSSR count). The third kappa shape index (κ3) is 2.29. The van der Waals surface area contributed by atoms with Crippen LogP contribution in [0, 0.1) is 11.6 Å². The molecule has 1 amide bonds. The Kier molecular flexibility index (Phi) is 3.22. The zero-order chi connectivity index (χ0) is 14.1. The monoisotopic (exact) mass is 273 g/mol. The lowest BCUT2D eigenvalue weighted by Gasteiger charge is -2.29. The summed E-state index contributed by atoms with van der Waals surface area (Å²) in [7, 11) is 0. The minimum atomic E-state index is -0.811. The first-order valence-corrected chi connectivity index (χ1v) is 6.46. The molecule has 0 unspecified atom stereocenters. The van der Waals surface area contributed by atoms with Gasteiger partial charge in [0.05, 0.1) is 5.56 Å². The van der Waals surface area contributed by atoms with E-state index in [2.05, 4.69) is 0 Å². The molecule has 1 aliphatic rings. The van der Waals surface area contributed by atoms with Crippen LogP contribution in [0.25, 0.3) is 0 Å². The van der Waals surface area contributed by atoms with Crippen molar-refractivity contribution >= 4 is 5.91 Å². The standard InChI is InChI=1S/C16H13F2NO/c17-13-5-6-14(15(18)9-13)16(20)19-8-7-11-3-1-2-4-12(11)10-19/h1-6,9H,7-8,10H2. The molecule has 0 saturated carbocycles. The van der Waals surface area contributed by atoms with Crippen molar-refractivity contribution in [1.82, 2.24) is 4.90 Å². The molecule has 0 aliphatic carbocycles. The fourth-order valence-corrected chi connectivity index (χ4v) is 2.50. The van der Waals surface area contributed by atoms with E-state index in [-0.39, 0.29) is 5.56 Å². The van der Waals surface area contributed by atoms with E-state index in [9.17, 15) is 13.6 Å². The maximum absolute atomic E-state index is 13.7. The van der Waals surface area contributed by atoms with Crippen LogP contribution in [0.2, 0.25) is 0 Å². The van der Waals surface area contributed by atoms with Gasteiger partial charge in [0.1, 0.15) is 11.6 Å². The Bertz CT molecular complexity index is 669. The molecule has 0 bridgehead atoms. The summed E-state index contributed by atoms with van der Waals surface area (Å²) in [5.41, 5.74) is 2.22. The Hall–Kier alpha value is -2.23. The van der Waals surface area contributed by atoms with E-state index in [1.54, 1.807) is 4.90 Å². The van der Waals surface area contributed by atoms with Gasteiger partial charge in [0.2, 0.25) is 0 Å². The van der Waals surface area contributed by atoms with Crippen LogP contribution < -0.4 is 0 Å². The van der Waals surface area contributed by atoms with Crippen molar-refractivity contribution in [3.05, 3.63) is 70.8 Å². The first-order valence-electron chi connectivity index (χ1n) is 6.46. The van der Waals surface area contributed by atoms with Gasteiger partial charge in [-0.15, -0.1) is 0 Å². The van der Waals surface area contributed by atoms with Crippen LogP contribution in [-0.2, 0) is 13.0 Å². The third-order valence-corrected chi connectivity index (χ3v) is 3.58. The van der Waals surface area contributed by atoms with Gasteiger partial charge < -0.3 is 4.90 Å². The van der Waals surface area contributed by atoms with Crippen LogP contribution in [0.5, 0.6) is 0 Å². The number of amides is 1. The van der Waals surface area contributed by atoms with Crippen LogP contribution >= 0.6 is 0 Å². The lowest BCUT2D eigenvalue weighted by Crippen LogP contribution is -2.36. The molecule has 0 atom stereocenters. The highest BCUT2D eigenvalue weighted by atomic mass is 19.1. The molecule has 0 spiro atoms. The SMILES string of the molecule is O=C(c1ccc(F)cc1F)N1CCc2ccccc2C1. The molecule has 2 nitrogen and oxygen atoms in total. The van der Waals surface area contributed by atoms with Crippen LogP contribution in [0.4, 0.5) is 8.78 Å². The first-order chi connectivity index (χ1) is 9.65. The summed E-state index contributed by atoms with van der Waals surface area (Å²) in [6, 6.07) is 10.9. The van der Waals surface area contributed by atoms with E-state index < -0.39 is 17.5 Å². The smallest absolute Gasteiger partial charge is 0.257 e. The van der Waals surface area contributed by atoms with Crippen LogP contribution in [0.1, 0.15) is 21.5 Å². The molecule has 0 aromatic heterocycles. The lowest BCUT2D eigenvalue weighted by atomic mass is 9.99. The number of hydrogen-bond acceptors (Lipinski definition) is 1. The fraction of sp³-hybridized carbons (Fsp3) is 0.188. The summed E-state index contributed by atoms with van der Waals surface area (Å²) in [5, 5.41) is 0. The minimum Gasteiger partial charge on any atom is -0.334 e. The summed E-state index contributed by atoms with van der Waals surface area (Å²) >= 11 is 0. The lowest BCUT2D eigenvalue weighted by molar-refractivity contribution is 0.0730. The summed E-state index contributed by atoms with van der Waals surface area (Å²) < 4.78 is 26.5. The Morgan fingerprint density at radius 1 is 1.05 bits per heavy atom. The van der Waals surface area contributed by atoms with Crippen molar-refractivity contribution in [2.45, 2.75) is 13.0 Å². The second kappa shape index (κ2) is 5.04. The average molecular weight is 273 g/mol. The maximum atomic E-state index is 13.7. The topological polar surface area (TPSA) is 20.3 Å². The van der Waals surface area contributed by atoms with Crippen molar-refractivity contribution in [2.75, 3.05) is 6.54 Å². The van der Waals surface area contributed by atoms with Gasteiger partial charge >= 0.3 is 0 Å². The molecule has 0 radical (unpaired) electrons. The predicted molar refractivity (Wildman–Crippen MR) is 71.2 cm³/mol. The number of fused-ring (bicyclic) bond motifs is 1. The highest BCUT2D eigenvalue weighted by Gasteiger charge is 2.23. The Morgan fingerprint density at radius 3 is 2.55 bits per heavy atom. The number of carbonyl (C=O) groups is 1. The number of hydrogen-bond donors (Lipinski definition) is 0. The summed E-state index contributed by atoms with van der Waals surface area (Å²) in [6.07, 6.45) is 0.755. The van der Waals surface area contributed by atoms with Gasteiger partial charge in [0.25, 0.3) is 5.91 Å². The highest BCUT2D eigenvalue weighted by Crippen LogP contribution is 2.21. The summed E-state index contributed by atoms with van der Waals surface area (Å²) in [4.78, 5) is 13.9. The molecule has 20 heavy (non-hydrogen) atoms. The predicted octanol–water partition coefficient (Wildman–Crippen LogP) is 3.16. The minimum absolute atomic E-state index is 0.0780. The maximum Gasteiger partial charge on any atom is 0.257 e. The second-order valence-electron chi connectivity index (χ2n) is 4.87. The van der Waals surface area contributed by atoms with E-state index in [0.29, 0.717) is 13.1 Å². The molecule has 0 saturated heterocycles. The quantitative estimate of drug-likeness (QED) is 0.781. The number of halogens is 2. The average Bonchev–Trinajstić information content (AvgIpc) is 2.46. The number of nitrogens with zero attached hydrogens (tertiary/aromatic N) is 1. The Balaban J connectivity index is 1.86. The molecule has 2 aromatic carbocycles. The largest absolute Gasteiger partial charge is 0.334 e. The first kappa shape index (κ1) is 12.8. The molecular formula is C16H13F2NO. The number of benzene rings is 2. The van der Waals surface area contributed by atoms with Crippen molar-refractivity contribution in [1.29, 1.82) is 0 Å². The molecule has 2 aromatic rings. The Labute approximate surface area is 115 Å². The number of rotatable bonds is 1. The van der Waals surface area contributed by atoms with Crippen LogP contribution in [-0.4, -0.2) is 17.4 Å². The third-order valence-electron chi connectivity index (χ3n) is 3.58. The molecule has 102 valence electrons. The molecule has 0 fully saturated rings. The van der Waals surface area contributed by atoms with Gasteiger partial charge in [-0.2, -0.15) is 0 Å². The summed E-state index contributed by atoms with van der Waals surface area (Å²) in [6.45, 7) is 1.01. The van der Waals surface area contributed by atoms with E-state index in [0.717, 1.165) is 24.1 Å². The summed E-state index contributed by atoms with van der Waals surface area (Å²) in [5.74, 6) is -1.88. The number of carbonyl (C=O) groups excluding carboxylic acids is 1. The molecule has 1 heterocycles. The molecule has 1 aliphatic heterocycles. The van der Waals surface area contributed by atoms with Gasteiger partial charge in [-0.25, -0.2) is 8.78 Å². The highest BCUT2D eigenvalue weighted by molar-refractivity contribution is 5.94. The fourth-order valence-electron chi connectivity index (χ4n) is 2.50. The van der Waals surface area contributed by atoms with Crippen molar-refractivity contribution in [2.24, 2.45) is 0 Å². The van der Waals surface area contributed by atoms with Gasteiger partial charge in [0.15, 0.2) is 0 Å². The zero-order valence-corrected chi connectivity index (χ0v) is 10.8. The van der Waals surface area contributed by atoms with Crippen molar-refractivity contribution < 1.29 is 13.6 Å². The van der Waals surface area contributed by atoms with Crippen LogP contribution in [0.15, 0.2) is 42.5 Å². The Morgan fingerprint density at radius 2 is 1.80 bits per heavy atom. The van der Waals surface area contributed by atoms with Gasteiger partial charge in [0, 0.05) is 19.2 Å². The van der Waals surface area contributed by atoms with E-state index in [1.165, 1.54) is 11.6 Å². The van der Waals surface area contributed by atoms with E-state index in [1.807, 2.05) is 24.3 Å². The molecule has 4 heteroatoms. The van der Waals surface area contributed by atoms with Crippen molar-refractivity contribution in [3.63, 3.8) is 0 Å². The normalized spacial score (nSPS) is 14.0. The van der Waals surface area contributed by atoms with E-state index >= 15 is 0 Å². The second-order valence-corrected chi connectivity index (χ2v) is 4.87. The van der Waals surface area contributed by atoms with Gasteiger partial charge in [-0.1, -0.05) is 24.3 Å². The molecular weight excluding hydrogens is 260 g/mol. The van der Waals surface area contributed by atoms with Gasteiger partial charge in [-0.05, 0) is 29.7 Å². The van der Waals surface area contributed by atoms with Crippen molar-refractivity contribution in [3.8, 4) is 0 Å². The van der Waals surface area contributed by atoms with E-state index in [4.69, 9.17) is 0 Å². The van der Waals surface area contributed by atoms with Gasteiger partial charge in [-0.3, -0.25) is 4.79 Å². The molecule has 0 N–H and O–H groups in total. The van der Waals surface area contributed by atoms with Crippen LogP contribution in [0.3, 0.4) is 0 Å². The zero-order valence-electron chi connectivity index (χ0n) is 10.8.